The second-order valence-electron chi connectivity index (χ2n) is 2.42. The summed E-state index contributed by atoms with van der Waals surface area (Å²) in [7, 11) is 0. The molecule has 1 aliphatic heterocycles. The Morgan fingerprint density at radius 2 is 2.40 bits per heavy atom. The summed E-state index contributed by atoms with van der Waals surface area (Å²) >= 11 is 0. The molecule has 56 valence electrons. The van der Waals surface area contributed by atoms with Gasteiger partial charge in [0.05, 0.1) is 6.61 Å². The van der Waals surface area contributed by atoms with Crippen molar-refractivity contribution in [3.63, 3.8) is 0 Å². The van der Waals surface area contributed by atoms with Crippen LogP contribution in [0, 0.1) is 0 Å². The topological polar surface area (TPSA) is 29.5 Å². The van der Waals surface area contributed by atoms with Crippen LogP contribution in [0.1, 0.15) is 6.42 Å². The summed E-state index contributed by atoms with van der Waals surface area (Å²) in [6.45, 7) is 7.90. The van der Waals surface area contributed by atoms with Crippen LogP contribution < -0.4 is 0 Å². The molecular weight excluding hydrogens is 128 g/mol. The molecule has 0 amide bonds. The Kier molecular flexibility index (Phi) is 2.25. The van der Waals surface area contributed by atoms with Crippen molar-refractivity contribution in [2.75, 3.05) is 6.61 Å². The standard InChI is InChI=1S/C8H12O2/c1-3-7-8(9)6(2)4-5-10-7/h3,7-9H,1-2,4-5H2/t7-,8+/m1/s1. The molecular formula is C8H12O2. The average molecular weight is 140 g/mol. The second-order valence-corrected chi connectivity index (χ2v) is 2.42. The lowest BCUT2D eigenvalue weighted by atomic mass is 10.0. The molecule has 0 aliphatic carbocycles. The molecule has 10 heavy (non-hydrogen) atoms. The predicted octanol–water partition coefficient (Wildman–Crippen LogP) is 0.878. The van der Waals surface area contributed by atoms with Gasteiger partial charge in [-0.25, -0.2) is 0 Å². The number of rotatable bonds is 1. The van der Waals surface area contributed by atoms with Crippen LogP contribution in [0.25, 0.3) is 0 Å². The van der Waals surface area contributed by atoms with Gasteiger partial charge in [-0.1, -0.05) is 12.7 Å². The van der Waals surface area contributed by atoms with Gasteiger partial charge in [-0.3, -0.25) is 0 Å². The molecule has 1 saturated heterocycles. The van der Waals surface area contributed by atoms with Gasteiger partial charge in [-0.15, -0.1) is 6.58 Å². The van der Waals surface area contributed by atoms with Crippen molar-refractivity contribution in [3.05, 3.63) is 24.8 Å². The first kappa shape index (κ1) is 7.51. The number of aliphatic hydroxyl groups is 1. The van der Waals surface area contributed by atoms with E-state index in [-0.39, 0.29) is 6.10 Å². The highest BCUT2D eigenvalue weighted by Gasteiger charge is 2.23. The van der Waals surface area contributed by atoms with E-state index in [1.807, 2.05) is 0 Å². The molecule has 2 heteroatoms. The first-order valence-corrected chi connectivity index (χ1v) is 3.35. The average Bonchev–Trinajstić information content (AvgIpc) is 1.95. The van der Waals surface area contributed by atoms with E-state index in [0.29, 0.717) is 6.61 Å². The van der Waals surface area contributed by atoms with E-state index in [4.69, 9.17) is 4.74 Å². The van der Waals surface area contributed by atoms with Crippen molar-refractivity contribution in [2.45, 2.75) is 18.6 Å². The van der Waals surface area contributed by atoms with Gasteiger partial charge in [0.25, 0.3) is 0 Å². The van der Waals surface area contributed by atoms with Crippen LogP contribution >= 0.6 is 0 Å². The third kappa shape index (κ3) is 1.28. The summed E-state index contributed by atoms with van der Waals surface area (Å²) in [5.41, 5.74) is 0.844. The Morgan fingerprint density at radius 1 is 1.70 bits per heavy atom. The van der Waals surface area contributed by atoms with Crippen molar-refractivity contribution in [1.29, 1.82) is 0 Å². The van der Waals surface area contributed by atoms with E-state index in [1.54, 1.807) is 6.08 Å². The van der Waals surface area contributed by atoms with E-state index in [0.717, 1.165) is 12.0 Å². The number of aliphatic hydroxyl groups excluding tert-OH is 1. The first-order chi connectivity index (χ1) is 4.75. The monoisotopic (exact) mass is 140 g/mol. The lowest BCUT2D eigenvalue weighted by molar-refractivity contribution is -0.0176. The van der Waals surface area contributed by atoms with Crippen LogP contribution in [0.5, 0.6) is 0 Å². The van der Waals surface area contributed by atoms with Crippen LogP contribution in [0.3, 0.4) is 0 Å². The molecule has 2 atom stereocenters. The third-order valence-corrected chi connectivity index (χ3v) is 1.70. The smallest absolute Gasteiger partial charge is 0.105 e. The minimum absolute atomic E-state index is 0.249. The van der Waals surface area contributed by atoms with Crippen LogP contribution in [0.15, 0.2) is 24.8 Å². The van der Waals surface area contributed by atoms with Gasteiger partial charge in [0, 0.05) is 0 Å². The second kappa shape index (κ2) is 2.99. The van der Waals surface area contributed by atoms with Gasteiger partial charge in [-0.2, -0.15) is 0 Å². The van der Waals surface area contributed by atoms with Gasteiger partial charge < -0.3 is 9.84 Å². The van der Waals surface area contributed by atoms with E-state index in [9.17, 15) is 5.11 Å². The van der Waals surface area contributed by atoms with Crippen molar-refractivity contribution in [1.82, 2.24) is 0 Å². The lowest BCUT2D eigenvalue weighted by Crippen LogP contribution is -2.33. The molecule has 0 unspecified atom stereocenters. The molecule has 1 fully saturated rings. The third-order valence-electron chi connectivity index (χ3n) is 1.70. The Hall–Kier alpha value is -0.600. The van der Waals surface area contributed by atoms with Gasteiger partial charge in [0.15, 0.2) is 0 Å². The van der Waals surface area contributed by atoms with Crippen LogP contribution in [0.2, 0.25) is 0 Å². The Bertz CT molecular complexity index is 151. The molecule has 1 aliphatic rings. The minimum Gasteiger partial charge on any atom is -0.386 e. The van der Waals surface area contributed by atoms with Crippen molar-refractivity contribution in [3.8, 4) is 0 Å². The SMILES string of the molecule is C=C[C@H]1OCCC(=C)[C@@H]1O. The predicted molar refractivity (Wildman–Crippen MR) is 39.7 cm³/mol. The quantitative estimate of drug-likeness (QED) is 0.548. The summed E-state index contributed by atoms with van der Waals surface area (Å²) in [6, 6.07) is 0. The maximum atomic E-state index is 9.34. The van der Waals surface area contributed by atoms with Crippen molar-refractivity contribution in [2.24, 2.45) is 0 Å². The summed E-state index contributed by atoms with van der Waals surface area (Å²) in [5.74, 6) is 0. The highest BCUT2D eigenvalue weighted by atomic mass is 16.5. The van der Waals surface area contributed by atoms with E-state index >= 15 is 0 Å². The molecule has 0 spiro atoms. The summed E-state index contributed by atoms with van der Waals surface area (Å²) < 4.78 is 5.18. The Labute approximate surface area is 60.8 Å². The molecule has 0 aromatic heterocycles. The van der Waals surface area contributed by atoms with Crippen LogP contribution in [-0.2, 0) is 4.74 Å². The minimum atomic E-state index is -0.550. The van der Waals surface area contributed by atoms with Crippen molar-refractivity contribution < 1.29 is 9.84 Å². The normalized spacial score (nSPS) is 33.9. The number of hydrogen-bond acceptors (Lipinski definition) is 2. The highest BCUT2D eigenvalue weighted by molar-refractivity contribution is 5.10. The number of ether oxygens (including phenoxy) is 1. The zero-order valence-electron chi connectivity index (χ0n) is 5.92. The highest BCUT2D eigenvalue weighted by Crippen LogP contribution is 2.18. The summed E-state index contributed by atoms with van der Waals surface area (Å²) in [6.07, 6.45) is 1.56. The fourth-order valence-electron chi connectivity index (χ4n) is 0.994. The van der Waals surface area contributed by atoms with E-state index < -0.39 is 6.10 Å². The Balaban J connectivity index is 2.59. The van der Waals surface area contributed by atoms with Gasteiger partial charge in [0.1, 0.15) is 12.2 Å². The Morgan fingerprint density at radius 3 is 2.90 bits per heavy atom. The summed E-state index contributed by atoms with van der Waals surface area (Å²) in [5, 5.41) is 9.34. The first-order valence-electron chi connectivity index (χ1n) is 3.35. The zero-order valence-corrected chi connectivity index (χ0v) is 5.92. The van der Waals surface area contributed by atoms with Crippen LogP contribution in [-0.4, -0.2) is 23.9 Å². The van der Waals surface area contributed by atoms with Crippen LogP contribution in [0.4, 0.5) is 0 Å². The van der Waals surface area contributed by atoms with Gasteiger partial charge in [0.2, 0.25) is 0 Å². The molecule has 0 saturated carbocycles. The number of hydrogen-bond donors (Lipinski definition) is 1. The largest absolute Gasteiger partial charge is 0.386 e. The van der Waals surface area contributed by atoms with E-state index in [1.165, 1.54) is 0 Å². The maximum Gasteiger partial charge on any atom is 0.105 e. The molecule has 1 rings (SSSR count). The molecule has 0 aromatic carbocycles. The molecule has 1 N–H and O–H groups in total. The molecule has 1 heterocycles. The van der Waals surface area contributed by atoms with Crippen molar-refractivity contribution >= 4 is 0 Å². The fraction of sp³-hybridized carbons (Fsp3) is 0.500. The zero-order chi connectivity index (χ0) is 7.56. The van der Waals surface area contributed by atoms with E-state index in [2.05, 4.69) is 13.2 Å². The maximum absolute atomic E-state index is 9.34. The molecule has 0 bridgehead atoms. The van der Waals surface area contributed by atoms with Gasteiger partial charge in [-0.05, 0) is 12.0 Å². The summed E-state index contributed by atoms with van der Waals surface area (Å²) in [4.78, 5) is 0. The molecule has 0 radical (unpaired) electrons. The van der Waals surface area contributed by atoms with Gasteiger partial charge >= 0.3 is 0 Å². The molecule has 0 aromatic rings. The molecule has 2 nitrogen and oxygen atoms in total. The fourth-order valence-corrected chi connectivity index (χ4v) is 0.994. The lowest BCUT2D eigenvalue weighted by Gasteiger charge is -2.27.